The highest BCUT2D eigenvalue weighted by molar-refractivity contribution is 5.90. The number of ether oxygens (including phenoxy) is 1. The highest BCUT2D eigenvalue weighted by Gasteiger charge is 2.51. The number of amides is 2. The summed E-state index contributed by atoms with van der Waals surface area (Å²) in [6.07, 6.45) is 0.224. The second kappa shape index (κ2) is 6.98. The second-order valence-electron chi connectivity index (χ2n) is 7.83. The van der Waals surface area contributed by atoms with E-state index in [0.29, 0.717) is 13.1 Å². The van der Waals surface area contributed by atoms with Gasteiger partial charge in [0.1, 0.15) is 5.60 Å². The van der Waals surface area contributed by atoms with E-state index in [9.17, 15) is 18.0 Å². The van der Waals surface area contributed by atoms with Crippen molar-refractivity contribution >= 4 is 11.7 Å². The first-order valence-corrected chi connectivity index (χ1v) is 9.46. The van der Waals surface area contributed by atoms with E-state index in [1.165, 1.54) is 25.0 Å². The van der Waals surface area contributed by atoms with Gasteiger partial charge in [-0.15, -0.1) is 0 Å². The monoisotopic (exact) mass is 383 g/mol. The predicted octanol–water partition coefficient (Wildman–Crippen LogP) is 3.57. The number of hydrogen-bond acceptors (Lipinski definition) is 3. The zero-order valence-corrected chi connectivity index (χ0v) is 15.1. The maximum absolute atomic E-state index is 12.8. The van der Waals surface area contributed by atoms with Crippen LogP contribution in [0.3, 0.4) is 0 Å². The van der Waals surface area contributed by atoms with Crippen molar-refractivity contribution in [1.82, 2.24) is 9.80 Å². The Morgan fingerprint density at radius 3 is 2.70 bits per heavy atom. The van der Waals surface area contributed by atoms with E-state index >= 15 is 0 Å². The first-order valence-electron chi connectivity index (χ1n) is 9.46. The number of rotatable bonds is 3. The number of urea groups is 1. The fraction of sp³-hybridized carbons (Fsp3) is 0.632. The highest BCUT2D eigenvalue weighted by atomic mass is 19.4. The number of halogens is 3. The molecule has 0 aliphatic carbocycles. The molecule has 27 heavy (non-hydrogen) atoms. The lowest BCUT2D eigenvalue weighted by atomic mass is 9.91. The first kappa shape index (κ1) is 18.6. The summed E-state index contributed by atoms with van der Waals surface area (Å²) >= 11 is 0. The fourth-order valence-electron chi connectivity index (χ4n) is 4.28. The molecule has 3 heterocycles. The lowest BCUT2D eigenvalue weighted by molar-refractivity contribution is -0.137. The molecule has 3 fully saturated rings. The maximum Gasteiger partial charge on any atom is 0.416 e. The van der Waals surface area contributed by atoms with E-state index in [1.54, 1.807) is 4.90 Å². The van der Waals surface area contributed by atoms with Gasteiger partial charge in [-0.25, -0.2) is 4.79 Å². The maximum atomic E-state index is 12.8. The van der Waals surface area contributed by atoms with E-state index in [4.69, 9.17) is 4.74 Å². The lowest BCUT2D eigenvalue weighted by Crippen LogP contribution is -2.64. The topological polar surface area (TPSA) is 44.8 Å². The van der Waals surface area contributed by atoms with Gasteiger partial charge in [0.05, 0.1) is 24.8 Å². The molecule has 5 nitrogen and oxygen atoms in total. The molecule has 0 radical (unpaired) electrons. The molecule has 1 atom stereocenters. The van der Waals surface area contributed by atoms with E-state index in [0.717, 1.165) is 44.6 Å². The summed E-state index contributed by atoms with van der Waals surface area (Å²) < 4.78 is 44.6. The lowest BCUT2D eigenvalue weighted by Gasteiger charge is -2.47. The van der Waals surface area contributed by atoms with Crippen molar-refractivity contribution in [3.63, 3.8) is 0 Å². The zero-order chi connectivity index (χ0) is 19.1. The van der Waals surface area contributed by atoms with Gasteiger partial charge in [0.2, 0.25) is 0 Å². The van der Waals surface area contributed by atoms with Gasteiger partial charge in [-0.05, 0) is 57.0 Å². The van der Waals surface area contributed by atoms with Crippen LogP contribution in [0.1, 0.15) is 31.2 Å². The van der Waals surface area contributed by atoms with Gasteiger partial charge >= 0.3 is 12.2 Å². The Balaban J connectivity index is 1.28. The van der Waals surface area contributed by atoms with Crippen molar-refractivity contribution in [2.24, 2.45) is 0 Å². The van der Waals surface area contributed by atoms with Gasteiger partial charge in [0.25, 0.3) is 0 Å². The summed E-state index contributed by atoms with van der Waals surface area (Å²) in [5.41, 5.74) is -0.894. The summed E-state index contributed by atoms with van der Waals surface area (Å²) in [6, 6.07) is 4.30. The quantitative estimate of drug-likeness (QED) is 0.868. The summed E-state index contributed by atoms with van der Waals surface area (Å²) in [7, 11) is 0. The number of nitrogens with zero attached hydrogens (tertiary/aromatic N) is 2. The van der Waals surface area contributed by atoms with Crippen molar-refractivity contribution in [1.29, 1.82) is 0 Å². The molecule has 3 saturated heterocycles. The van der Waals surface area contributed by atoms with Crippen molar-refractivity contribution in [3.05, 3.63) is 29.8 Å². The van der Waals surface area contributed by atoms with Crippen LogP contribution in [0, 0.1) is 0 Å². The van der Waals surface area contributed by atoms with E-state index in [1.807, 2.05) is 0 Å². The van der Waals surface area contributed by atoms with Crippen molar-refractivity contribution in [3.8, 4) is 0 Å². The summed E-state index contributed by atoms with van der Waals surface area (Å²) in [5.74, 6) is 0. The van der Waals surface area contributed by atoms with E-state index in [-0.39, 0.29) is 23.4 Å². The van der Waals surface area contributed by atoms with Gasteiger partial charge in [-0.1, -0.05) is 6.07 Å². The normalized spacial score (nSPS) is 25.0. The van der Waals surface area contributed by atoms with Crippen molar-refractivity contribution in [2.45, 2.75) is 43.6 Å². The van der Waals surface area contributed by atoms with E-state index < -0.39 is 11.7 Å². The molecule has 1 unspecified atom stereocenters. The molecule has 148 valence electrons. The van der Waals surface area contributed by atoms with E-state index in [2.05, 4.69) is 10.2 Å². The Kier molecular flexibility index (Phi) is 4.80. The Morgan fingerprint density at radius 2 is 2.00 bits per heavy atom. The Bertz CT molecular complexity index is 698. The van der Waals surface area contributed by atoms with Gasteiger partial charge < -0.3 is 19.9 Å². The molecular weight excluding hydrogens is 359 g/mol. The largest absolute Gasteiger partial charge is 0.416 e. The number of carbonyl (C=O) groups is 1. The van der Waals surface area contributed by atoms with Crippen LogP contribution in [0.4, 0.5) is 23.7 Å². The van der Waals surface area contributed by atoms with Gasteiger partial charge in [0.15, 0.2) is 0 Å². The van der Waals surface area contributed by atoms with Crippen LogP contribution in [0.15, 0.2) is 24.3 Å². The van der Waals surface area contributed by atoms with Gasteiger partial charge in [0, 0.05) is 12.2 Å². The van der Waals surface area contributed by atoms with Crippen LogP contribution in [0.2, 0.25) is 0 Å². The second-order valence-corrected chi connectivity index (χ2v) is 7.83. The molecule has 1 spiro atoms. The molecule has 8 heteroatoms. The zero-order valence-electron chi connectivity index (χ0n) is 15.1. The predicted molar refractivity (Wildman–Crippen MR) is 94.5 cm³/mol. The first-order chi connectivity index (χ1) is 12.8. The smallest absolute Gasteiger partial charge is 0.367 e. The van der Waals surface area contributed by atoms with Crippen LogP contribution >= 0.6 is 0 Å². The summed E-state index contributed by atoms with van der Waals surface area (Å²) in [4.78, 5) is 16.4. The molecule has 3 aliphatic rings. The molecule has 1 aromatic rings. The standard InChI is InChI=1S/C19H24F3N3O2/c20-19(21,22)14-4-3-5-15(10-14)23-17(26)25-12-18(13-25)7-6-16(27-18)11-24-8-1-2-9-24/h3-5,10,16H,1-2,6-9,11-13H2,(H,23,26). The minimum Gasteiger partial charge on any atom is -0.367 e. The van der Waals surface area contributed by atoms with Crippen LogP contribution in [-0.2, 0) is 10.9 Å². The third-order valence-electron chi connectivity index (χ3n) is 5.69. The molecule has 0 saturated carbocycles. The fourth-order valence-corrected chi connectivity index (χ4v) is 4.28. The molecular formula is C19H24F3N3O2. The van der Waals surface area contributed by atoms with Gasteiger partial charge in [-0.2, -0.15) is 13.2 Å². The highest BCUT2D eigenvalue weighted by Crippen LogP contribution is 2.39. The average molecular weight is 383 g/mol. The van der Waals surface area contributed by atoms with Crippen molar-refractivity contribution < 1.29 is 22.7 Å². The molecule has 3 aliphatic heterocycles. The Morgan fingerprint density at radius 1 is 1.26 bits per heavy atom. The molecule has 1 N–H and O–H groups in total. The summed E-state index contributed by atoms with van der Waals surface area (Å²) in [6.45, 7) is 4.22. The van der Waals surface area contributed by atoms with Crippen LogP contribution in [-0.4, -0.2) is 60.3 Å². The number of alkyl halides is 3. The van der Waals surface area contributed by atoms with Gasteiger partial charge in [-0.3, -0.25) is 0 Å². The average Bonchev–Trinajstić information content (AvgIpc) is 3.23. The SMILES string of the molecule is O=C(Nc1cccc(C(F)(F)F)c1)N1CC2(CCC(CN3CCCC3)O2)C1. The van der Waals surface area contributed by atoms with Crippen LogP contribution in [0.25, 0.3) is 0 Å². The molecule has 4 rings (SSSR count). The minimum absolute atomic E-state index is 0.148. The Hall–Kier alpha value is -1.80. The number of hydrogen-bond donors (Lipinski definition) is 1. The molecule has 1 aromatic carbocycles. The third kappa shape index (κ3) is 4.06. The number of likely N-dealkylation sites (tertiary alicyclic amines) is 2. The number of benzene rings is 1. The number of carbonyl (C=O) groups excluding carboxylic acids is 1. The third-order valence-corrected chi connectivity index (χ3v) is 5.69. The van der Waals surface area contributed by atoms with Crippen LogP contribution < -0.4 is 5.32 Å². The number of anilines is 1. The molecule has 2 amide bonds. The minimum atomic E-state index is -4.43. The Labute approximate surface area is 156 Å². The summed E-state index contributed by atoms with van der Waals surface area (Å²) in [5, 5.41) is 2.56. The number of nitrogens with one attached hydrogen (secondary N) is 1. The van der Waals surface area contributed by atoms with Crippen molar-refractivity contribution in [2.75, 3.05) is 38.0 Å². The molecule has 0 aromatic heterocycles. The molecule has 0 bridgehead atoms. The van der Waals surface area contributed by atoms with Crippen LogP contribution in [0.5, 0.6) is 0 Å².